The van der Waals surface area contributed by atoms with E-state index in [2.05, 4.69) is 15.3 Å². The number of aromatic nitrogens is 2. The van der Waals surface area contributed by atoms with Crippen LogP contribution in [0, 0.1) is 5.92 Å². The Balaban J connectivity index is 1.11. The quantitative estimate of drug-likeness (QED) is 0.465. The van der Waals surface area contributed by atoms with E-state index in [-0.39, 0.29) is 24.5 Å². The lowest BCUT2D eigenvalue weighted by Crippen LogP contribution is -2.42. The van der Waals surface area contributed by atoms with E-state index in [1.807, 2.05) is 16.3 Å². The number of carbonyl (C=O) groups is 2. The molecule has 31 heavy (non-hydrogen) atoms. The Kier molecular flexibility index (Phi) is 5.65. The number of amides is 2. The molecular formula is C21H20N4O4S2. The molecule has 2 aromatic heterocycles. The smallest absolute Gasteiger partial charge is 0.232 e. The van der Waals surface area contributed by atoms with Crippen LogP contribution in [0.25, 0.3) is 10.2 Å². The summed E-state index contributed by atoms with van der Waals surface area (Å²) in [5.41, 5.74) is 0.689. The number of hydrogen-bond acceptors (Lipinski definition) is 8. The fourth-order valence-corrected chi connectivity index (χ4v) is 5.40. The first kappa shape index (κ1) is 20.1. The predicted octanol–water partition coefficient (Wildman–Crippen LogP) is 3.39. The van der Waals surface area contributed by atoms with Crippen molar-refractivity contribution in [2.24, 2.45) is 5.92 Å². The maximum Gasteiger partial charge on any atom is 0.232 e. The number of anilines is 1. The lowest BCUT2D eigenvalue weighted by atomic mass is 9.96. The molecule has 5 rings (SSSR count). The first-order valence-corrected chi connectivity index (χ1v) is 11.8. The van der Waals surface area contributed by atoms with Crippen LogP contribution in [-0.2, 0) is 9.59 Å². The standard InChI is InChI=1S/C21H20N4O4S2/c26-18(10-31-21-15-5-8-30-20(15)22-11-23-21)25-6-3-13(4-7-25)19(27)24-14-1-2-16-17(9-14)29-12-28-16/h1-2,5,8-9,11,13H,3-4,6-7,10,12H2,(H,24,27). The summed E-state index contributed by atoms with van der Waals surface area (Å²) in [6.07, 6.45) is 2.83. The normalized spacial score (nSPS) is 15.9. The molecule has 160 valence electrons. The molecule has 2 aliphatic heterocycles. The van der Waals surface area contributed by atoms with Crippen LogP contribution in [0.15, 0.2) is 41.0 Å². The molecule has 2 aliphatic rings. The van der Waals surface area contributed by atoms with Crippen molar-refractivity contribution in [2.45, 2.75) is 17.9 Å². The molecule has 0 atom stereocenters. The third kappa shape index (κ3) is 4.31. The molecular weight excluding hydrogens is 436 g/mol. The van der Waals surface area contributed by atoms with Gasteiger partial charge in [-0.05, 0) is 36.4 Å². The number of ether oxygens (including phenoxy) is 2. The largest absolute Gasteiger partial charge is 0.454 e. The first-order chi connectivity index (χ1) is 15.2. The Morgan fingerprint density at radius 2 is 2.00 bits per heavy atom. The Hall–Kier alpha value is -2.85. The number of carbonyl (C=O) groups excluding carboxylic acids is 2. The molecule has 0 spiro atoms. The molecule has 3 aromatic rings. The van der Waals surface area contributed by atoms with Gasteiger partial charge in [-0.15, -0.1) is 11.3 Å². The van der Waals surface area contributed by atoms with E-state index in [1.165, 1.54) is 18.1 Å². The van der Waals surface area contributed by atoms with Crippen LogP contribution >= 0.6 is 23.1 Å². The number of nitrogens with one attached hydrogen (secondary N) is 1. The van der Waals surface area contributed by atoms with Crippen LogP contribution in [0.4, 0.5) is 5.69 Å². The monoisotopic (exact) mass is 456 g/mol. The lowest BCUT2D eigenvalue weighted by Gasteiger charge is -2.31. The van der Waals surface area contributed by atoms with Crippen LogP contribution in [0.1, 0.15) is 12.8 Å². The number of nitrogens with zero attached hydrogens (tertiary/aromatic N) is 3. The van der Waals surface area contributed by atoms with Gasteiger partial charge in [0.05, 0.1) is 5.75 Å². The van der Waals surface area contributed by atoms with E-state index in [0.29, 0.717) is 48.9 Å². The molecule has 4 heterocycles. The third-order valence-corrected chi connectivity index (χ3v) is 7.23. The van der Waals surface area contributed by atoms with Gasteiger partial charge in [-0.2, -0.15) is 0 Å². The van der Waals surface area contributed by atoms with Crippen molar-refractivity contribution in [1.82, 2.24) is 14.9 Å². The lowest BCUT2D eigenvalue weighted by molar-refractivity contribution is -0.132. The number of hydrogen-bond donors (Lipinski definition) is 1. The minimum Gasteiger partial charge on any atom is -0.454 e. The second-order valence-corrected chi connectivity index (χ2v) is 9.18. The summed E-state index contributed by atoms with van der Waals surface area (Å²) in [6.45, 7) is 1.36. The van der Waals surface area contributed by atoms with Gasteiger partial charge >= 0.3 is 0 Å². The molecule has 0 aliphatic carbocycles. The average molecular weight is 457 g/mol. The molecule has 8 nitrogen and oxygen atoms in total. The van der Waals surface area contributed by atoms with Crippen LogP contribution in [-0.4, -0.2) is 52.3 Å². The van der Waals surface area contributed by atoms with Crippen molar-refractivity contribution in [3.05, 3.63) is 36.0 Å². The number of thioether (sulfide) groups is 1. The SMILES string of the molecule is O=C(Nc1ccc2c(c1)OCO2)C1CCN(C(=O)CSc2ncnc3sccc23)CC1. The Morgan fingerprint density at radius 3 is 2.87 bits per heavy atom. The minimum absolute atomic E-state index is 0.0267. The van der Waals surface area contributed by atoms with Crippen molar-refractivity contribution in [3.8, 4) is 11.5 Å². The van der Waals surface area contributed by atoms with Gasteiger partial charge in [-0.1, -0.05) is 11.8 Å². The van der Waals surface area contributed by atoms with Gasteiger partial charge in [0.2, 0.25) is 18.6 Å². The summed E-state index contributed by atoms with van der Waals surface area (Å²) in [5.74, 6) is 1.58. The molecule has 0 saturated carbocycles. The maximum atomic E-state index is 12.7. The molecule has 1 fully saturated rings. The van der Waals surface area contributed by atoms with Crippen LogP contribution < -0.4 is 14.8 Å². The maximum absolute atomic E-state index is 12.7. The number of thiophene rings is 1. The van der Waals surface area contributed by atoms with Gasteiger partial charge in [0.15, 0.2) is 11.5 Å². The zero-order valence-electron chi connectivity index (χ0n) is 16.6. The summed E-state index contributed by atoms with van der Waals surface area (Å²) in [7, 11) is 0. The van der Waals surface area contributed by atoms with E-state index < -0.39 is 0 Å². The number of rotatable bonds is 5. The fraction of sp³-hybridized carbons (Fsp3) is 0.333. The van der Waals surface area contributed by atoms with Gasteiger partial charge in [0, 0.05) is 36.1 Å². The third-order valence-electron chi connectivity index (χ3n) is 5.42. The van der Waals surface area contributed by atoms with Gasteiger partial charge in [-0.25, -0.2) is 9.97 Å². The number of benzene rings is 1. The fourth-order valence-electron chi connectivity index (χ4n) is 3.71. The first-order valence-electron chi connectivity index (χ1n) is 9.96. The highest BCUT2D eigenvalue weighted by molar-refractivity contribution is 8.00. The second-order valence-electron chi connectivity index (χ2n) is 7.32. The van der Waals surface area contributed by atoms with Crippen molar-refractivity contribution in [3.63, 3.8) is 0 Å². The Bertz CT molecular complexity index is 1130. The average Bonchev–Trinajstić information content (AvgIpc) is 3.46. The summed E-state index contributed by atoms with van der Waals surface area (Å²) in [5, 5.41) is 6.75. The van der Waals surface area contributed by atoms with Crippen molar-refractivity contribution in [1.29, 1.82) is 0 Å². The summed E-state index contributed by atoms with van der Waals surface area (Å²) in [4.78, 5) is 36.6. The zero-order chi connectivity index (χ0) is 21.2. The molecule has 0 bridgehead atoms. The van der Waals surface area contributed by atoms with Crippen molar-refractivity contribution in [2.75, 3.05) is 31.0 Å². The number of likely N-dealkylation sites (tertiary alicyclic amines) is 1. The Morgan fingerprint density at radius 1 is 1.16 bits per heavy atom. The molecule has 0 unspecified atom stereocenters. The van der Waals surface area contributed by atoms with Crippen molar-refractivity contribution >= 4 is 50.8 Å². The summed E-state index contributed by atoms with van der Waals surface area (Å²) in [6, 6.07) is 7.35. The second kappa shape index (κ2) is 8.72. The van der Waals surface area contributed by atoms with Gasteiger partial charge < -0.3 is 19.7 Å². The Labute approximate surface area is 187 Å². The van der Waals surface area contributed by atoms with Gasteiger partial charge in [0.1, 0.15) is 16.2 Å². The highest BCUT2D eigenvalue weighted by atomic mass is 32.2. The van der Waals surface area contributed by atoms with Crippen molar-refractivity contribution < 1.29 is 19.1 Å². The van der Waals surface area contributed by atoms with Crippen LogP contribution in [0.5, 0.6) is 11.5 Å². The summed E-state index contributed by atoms with van der Waals surface area (Å²) >= 11 is 3.00. The number of fused-ring (bicyclic) bond motifs is 2. The minimum atomic E-state index is -0.116. The van der Waals surface area contributed by atoms with Gasteiger partial charge in [-0.3, -0.25) is 9.59 Å². The molecule has 1 aromatic carbocycles. The van der Waals surface area contributed by atoms with E-state index in [9.17, 15) is 9.59 Å². The molecule has 1 N–H and O–H groups in total. The molecule has 0 radical (unpaired) electrons. The van der Waals surface area contributed by atoms with Gasteiger partial charge in [0.25, 0.3) is 0 Å². The van der Waals surface area contributed by atoms with E-state index >= 15 is 0 Å². The van der Waals surface area contributed by atoms with Crippen LogP contribution in [0.2, 0.25) is 0 Å². The molecule has 2 amide bonds. The van der Waals surface area contributed by atoms with E-state index in [0.717, 1.165) is 15.2 Å². The topological polar surface area (TPSA) is 93.7 Å². The molecule has 1 saturated heterocycles. The van der Waals surface area contributed by atoms with E-state index in [1.54, 1.807) is 29.5 Å². The highest BCUT2D eigenvalue weighted by Gasteiger charge is 2.28. The summed E-state index contributed by atoms with van der Waals surface area (Å²) < 4.78 is 10.6. The highest BCUT2D eigenvalue weighted by Crippen LogP contribution is 2.34. The zero-order valence-corrected chi connectivity index (χ0v) is 18.2. The number of piperidine rings is 1. The molecule has 10 heteroatoms. The predicted molar refractivity (Wildman–Crippen MR) is 119 cm³/mol. The van der Waals surface area contributed by atoms with E-state index in [4.69, 9.17) is 9.47 Å². The van der Waals surface area contributed by atoms with Crippen LogP contribution in [0.3, 0.4) is 0 Å².